The van der Waals surface area contributed by atoms with E-state index in [0.717, 1.165) is 4.73 Å². The zero-order valence-corrected chi connectivity index (χ0v) is 7.77. The molecule has 0 aliphatic heterocycles. The van der Waals surface area contributed by atoms with E-state index in [4.69, 9.17) is 0 Å². The van der Waals surface area contributed by atoms with Crippen LogP contribution in [0.3, 0.4) is 0 Å². The van der Waals surface area contributed by atoms with Gasteiger partial charge >= 0.3 is 0 Å². The molecule has 0 saturated carbocycles. The molecule has 1 N–H and O–H groups in total. The summed E-state index contributed by atoms with van der Waals surface area (Å²) in [5.74, 6) is -0.389. The van der Waals surface area contributed by atoms with Crippen LogP contribution in [-0.2, 0) is 4.79 Å². The van der Waals surface area contributed by atoms with Gasteiger partial charge in [-0.1, -0.05) is 0 Å². The second-order valence-corrected chi connectivity index (χ2v) is 2.78. The summed E-state index contributed by atoms with van der Waals surface area (Å²) in [4.78, 5) is 18.1. The molecule has 1 amide bonds. The minimum atomic E-state index is -0.389. The molecule has 1 rings (SSSR count). The summed E-state index contributed by atoms with van der Waals surface area (Å²) in [6.45, 7) is 4.78. The van der Waals surface area contributed by atoms with Crippen molar-refractivity contribution in [3.05, 3.63) is 23.1 Å². The van der Waals surface area contributed by atoms with Crippen LogP contribution in [0.15, 0.2) is 11.1 Å². The molecule has 0 radical (unpaired) electrons. The van der Waals surface area contributed by atoms with E-state index < -0.39 is 0 Å². The highest BCUT2D eigenvalue weighted by atomic mass is 16.5. The number of rotatable bonds is 0. The molecule has 5 heteroatoms. The van der Waals surface area contributed by atoms with E-state index in [9.17, 15) is 10.0 Å². The maximum Gasteiger partial charge on any atom is 0.266 e. The first-order valence-electron chi connectivity index (χ1n) is 3.82. The van der Waals surface area contributed by atoms with Crippen LogP contribution in [0.1, 0.15) is 18.3 Å². The van der Waals surface area contributed by atoms with Gasteiger partial charge in [0.1, 0.15) is 0 Å². The molecule has 0 unspecified atom stereocenters. The van der Waals surface area contributed by atoms with Crippen LogP contribution in [0, 0.1) is 13.8 Å². The fraction of sp³-hybridized carbons (Fsp3) is 0.375. The Kier molecular flexibility index (Phi) is 2.46. The van der Waals surface area contributed by atoms with Gasteiger partial charge in [-0.05, 0) is 19.9 Å². The van der Waals surface area contributed by atoms with Crippen LogP contribution in [0.25, 0.3) is 0 Å². The number of aromatic nitrogens is 2. The van der Waals surface area contributed by atoms with E-state index in [1.165, 1.54) is 6.92 Å². The lowest BCUT2D eigenvalue weighted by Crippen LogP contribution is -2.26. The number of carbonyl (C=O) groups is 1. The summed E-state index contributed by atoms with van der Waals surface area (Å²) in [6.07, 6.45) is 0. The summed E-state index contributed by atoms with van der Waals surface area (Å²) in [5.41, 5.74) is 1.32. The molecule has 1 aromatic heterocycles. The molecule has 70 valence electrons. The minimum Gasteiger partial charge on any atom is -0.425 e. The predicted molar refractivity (Wildman–Crippen MR) is 45.1 cm³/mol. The molecular formula is C8H11N3O2. The van der Waals surface area contributed by atoms with Gasteiger partial charge in [0.2, 0.25) is 5.91 Å². The first-order valence-corrected chi connectivity index (χ1v) is 3.82. The minimum absolute atomic E-state index is 0.0185. The van der Waals surface area contributed by atoms with Crippen molar-refractivity contribution >= 4 is 5.91 Å². The third-order valence-electron chi connectivity index (χ3n) is 1.48. The highest BCUT2D eigenvalue weighted by molar-refractivity contribution is 5.73. The van der Waals surface area contributed by atoms with E-state index in [-0.39, 0.29) is 11.5 Å². The van der Waals surface area contributed by atoms with Gasteiger partial charge in [0.05, 0.1) is 5.69 Å². The Labute approximate surface area is 75.3 Å². The summed E-state index contributed by atoms with van der Waals surface area (Å²) >= 11 is 0. The van der Waals surface area contributed by atoms with Gasteiger partial charge in [-0.25, -0.2) is 4.98 Å². The number of carbonyl (C=O) groups excluding carboxylic acids is 1. The maximum atomic E-state index is 10.7. The summed E-state index contributed by atoms with van der Waals surface area (Å²) in [7, 11) is 0. The van der Waals surface area contributed by atoms with E-state index in [1.54, 1.807) is 19.9 Å². The average molecular weight is 181 g/mol. The van der Waals surface area contributed by atoms with Crippen molar-refractivity contribution in [3.63, 3.8) is 0 Å². The Morgan fingerprint density at radius 2 is 2.23 bits per heavy atom. The third-order valence-corrected chi connectivity index (χ3v) is 1.48. The monoisotopic (exact) mass is 181 g/mol. The largest absolute Gasteiger partial charge is 0.425 e. The highest BCUT2D eigenvalue weighted by Gasteiger charge is 1.99. The van der Waals surface area contributed by atoms with Crippen LogP contribution in [0.4, 0.5) is 0 Å². The first-order chi connectivity index (χ1) is 6.00. The molecule has 0 aromatic carbocycles. The topological polar surface area (TPSA) is 67.5 Å². The quantitative estimate of drug-likeness (QED) is 0.581. The zero-order valence-electron chi connectivity index (χ0n) is 7.77. The second kappa shape index (κ2) is 3.38. The Hall–Kier alpha value is -1.65. The van der Waals surface area contributed by atoms with Crippen molar-refractivity contribution in [3.8, 4) is 0 Å². The van der Waals surface area contributed by atoms with Crippen molar-refractivity contribution < 1.29 is 10.0 Å². The van der Waals surface area contributed by atoms with E-state index >= 15 is 0 Å². The third kappa shape index (κ3) is 2.14. The molecule has 0 spiro atoms. The van der Waals surface area contributed by atoms with Gasteiger partial charge in [-0.3, -0.25) is 4.79 Å². The van der Waals surface area contributed by atoms with E-state index in [1.807, 2.05) is 0 Å². The number of aryl methyl sites for hydroxylation is 2. The zero-order chi connectivity index (χ0) is 10.0. The van der Waals surface area contributed by atoms with Crippen molar-refractivity contribution in [1.29, 1.82) is 0 Å². The normalized spacial score (nSPS) is 11.8. The van der Waals surface area contributed by atoms with E-state index in [2.05, 4.69) is 9.98 Å². The number of hydrogen-bond donors (Lipinski definition) is 1. The van der Waals surface area contributed by atoms with Gasteiger partial charge in [0, 0.05) is 12.6 Å². The molecule has 1 aromatic rings. The van der Waals surface area contributed by atoms with Gasteiger partial charge in [0.15, 0.2) is 0 Å². The van der Waals surface area contributed by atoms with Crippen LogP contribution in [0.5, 0.6) is 0 Å². The Bertz CT molecular complexity index is 406. The van der Waals surface area contributed by atoms with Crippen molar-refractivity contribution in [2.45, 2.75) is 20.8 Å². The molecule has 0 saturated heterocycles. The lowest BCUT2D eigenvalue weighted by atomic mass is 10.4. The Morgan fingerprint density at radius 3 is 2.77 bits per heavy atom. The maximum absolute atomic E-state index is 10.7. The molecule has 13 heavy (non-hydrogen) atoms. The van der Waals surface area contributed by atoms with Crippen molar-refractivity contribution in [2.24, 2.45) is 4.99 Å². The lowest BCUT2D eigenvalue weighted by Gasteiger charge is -2.02. The fourth-order valence-electron chi connectivity index (χ4n) is 0.972. The fourth-order valence-corrected chi connectivity index (χ4v) is 0.972. The van der Waals surface area contributed by atoms with Gasteiger partial charge in [-0.2, -0.15) is 9.72 Å². The molecule has 1 heterocycles. The van der Waals surface area contributed by atoms with Gasteiger partial charge in [0.25, 0.3) is 5.62 Å². The number of nitrogens with zero attached hydrogens (tertiary/aromatic N) is 3. The molecule has 0 aliphatic carbocycles. The van der Waals surface area contributed by atoms with E-state index in [0.29, 0.717) is 11.4 Å². The Balaban J connectivity index is 3.45. The molecular weight excluding hydrogens is 170 g/mol. The smallest absolute Gasteiger partial charge is 0.266 e. The summed E-state index contributed by atoms with van der Waals surface area (Å²) in [5, 5.41) is 9.38. The highest BCUT2D eigenvalue weighted by Crippen LogP contribution is 1.93. The summed E-state index contributed by atoms with van der Waals surface area (Å²) in [6, 6.07) is 1.69. The second-order valence-electron chi connectivity index (χ2n) is 2.78. The molecule has 0 atom stereocenters. The molecule has 5 nitrogen and oxygen atoms in total. The van der Waals surface area contributed by atoms with Crippen molar-refractivity contribution in [2.75, 3.05) is 0 Å². The lowest BCUT2D eigenvalue weighted by molar-refractivity contribution is -0.116. The predicted octanol–water partition coefficient (Wildman–Crippen LogP) is 0.184. The van der Waals surface area contributed by atoms with Crippen LogP contribution in [0.2, 0.25) is 0 Å². The number of hydrogen-bond acceptors (Lipinski definition) is 3. The average Bonchev–Trinajstić information content (AvgIpc) is 1.98. The SMILES string of the molecule is CC(=O)N=c1nc(C)cc(C)n1O. The molecule has 0 bridgehead atoms. The van der Waals surface area contributed by atoms with Crippen LogP contribution < -0.4 is 5.62 Å². The van der Waals surface area contributed by atoms with Crippen LogP contribution in [-0.4, -0.2) is 20.8 Å². The van der Waals surface area contributed by atoms with Crippen molar-refractivity contribution in [1.82, 2.24) is 9.71 Å². The number of amides is 1. The standard InChI is InChI=1S/C8H11N3O2/c1-5-4-6(2)11(13)8(9-5)10-7(3)12/h4,13H,1-3H3. The Morgan fingerprint density at radius 1 is 1.62 bits per heavy atom. The summed E-state index contributed by atoms with van der Waals surface area (Å²) < 4.78 is 0.786. The van der Waals surface area contributed by atoms with Crippen LogP contribution >= 0.6 is 0 Å². The van der Waals surface area contributed by atoms with Gasteiger partial charge < -0.3 is 5.21 Å². The van der Waals surface area contributed by atoms with Gasteiger partial charge in [-0.15, -0.1) is 0 Å². The first kappa shape index (κ1) is 9.44. The molecule has 0 aliphatic rings. The molecule has 0 fully saturated rings.